The van der Waals surface area contributed by atoms with Crippen molar-refractivity contribution >= 4 is 21.7 Å². The van der Waals surface area contributed by atoms with E-state index in [2.05, 4.69) is 4.72 Å². The quantitative estimate of drug-likeness (QED) is 0.810. The van der Waals surface area contributed by atoms with Crippen LogP contribution >= 0.6 is 0 Å². The van der Waals surface area contributed by atoms with Crippen LogP contribution in [0.25, 0.3) is 0 Å². The summed E-state index contributed by atoms with van der Waals surface area (Å²) < 4.78 is 30.9. The van der Waals surface area contributed by atoms with Crippen LogP contribution in [0.15, 0.2) is 29.2 Å². The van der Waals surface area contributed by atoms with Crippen LogP contribution in [0, 0.1) is 0 Å². The van der Waals surface area contributed by atoms with Crippen molar-refractivity contribution in [3.8, 4) is 0 Å². The van der Waals surface area contributed by atoms with Gasteiger partial charge in [-0.1, -0.05) is 0 Å². The maximum absolute atomic E-state index is 11.7. The van der Waals surface area contributed by atoms with E-state index < -0.39 is 16.0 Å². The number of benzene rings is 1. The van der Waals surface area contributed by atoms with Crippen molar-refractivity contribution < 1.29 is 23.1 Å². The lowest BCUT2D eigenvalue weighted by molar-refractivity contribution is -0.138. The molecule has 1 aromatic rings. The van der Waals surface area contributed by atoms with Gasteiger partial charge in [-0.05, 0) is 31.3 Å². The average molecular weight is 314 g/mol. The van der Waals surface area contributed by atoms with Crippen LogP contribution in [-0.4, -0.2) is 52.3 Å². The van der Waals surface area contributed by atoms with Gasteiger partial charge in [0.2, 0.25) is 10.0 Å². The first kappa shape index (κ1) is 15.7. The molecule has 0 amide bonds. The maximum atomic E-state index is 11.7. The molecular weight excluding hydrogens is 296 g/mol. The van der Waals surface area contributed by atoms with Gasteiger partial charge in [0, 0.05) is 12.2 Å². The molecule has 7 nitrogen and oxygen atoms in total. The fraction of sp³-hybridized carbons (Fsp3) is 0.462. The number of hydrogen-bond acceptors (Lipinski definition) is 5. The highest BCUT2D eigenvalue weighted by Gasteiger charge is 2.25. The molecule has 8 heteroatoms. The van der Waals surface area contributed by atoms with Crippen LogP contribution in [0.3, 0.4) is 0 Å². The zero-order valence-corrected chi connectivity index (χ0v) is 12.5. The van der Waals surface area contributed by atoms with E-state index in [1.165, 1.54) is 19.2 Å². The second-order valence-corrected chi connectivity index (χ2v) is 6.61. The topological polar surface area (TPSA) is 95.9 Å². The second kappa shape index (κ2) is 6.42. The number of ether oxygens (including phenoxy) is 1. The first-order valence-corrected chi connectivity index (χ1v) is 8.02. The summed E-state index contributed by atoms with van der Waals surface area (Å²) in [5.41, 5.74) is 0.791. The molecule has 21 heavy (non-hydrogen) atoms. The maximum Gasteiger partial charge on any atom is 0.305 e. The summed E-state index contributed by atoms with van der Waals surface area (Å²) >= 11 is 0. The van der Waals surface area contributed by atoms with Crippen molar-refractivity contribution in [3.05, 3.63) is 24.3 Å². The van der Waals surface area contributed by atoms with E-state index in [9.17, 15) is 13.2 Å². The third-order valence-corrected chi connectivity index (χ3v) is 4.82. The van der Waals surface area contributed by atoms with E-state index in [0.717, 1.165) is 5.69 Å². The number of hydrogen-bond donors (Lipinski definition) is 2. The molecule has 0 radical (unpaired) electrons. The molecule has 2 rings (SSSR count). The second-order valence-electron chi connectivity index (χ2n) is 4.72. The summed E-state index contributed by atoms with van der Waals surface area (Å²) in [6.45, 7) is 1.45. The molecule has 1 heterocycles. The summed E-state index contributed by atoms with van der Waals surface area (Å²) in [5, 5.41) is 8.94. The number of anilines is 1. The van der Waals surface area contributed by atoms with E-state index in [1.807, 2.05) is 4.90 Å². The van der Waals surface area contributed by atoms with Gasteiger partial charge in [0.05, 0.1) is 30.6 Å². The van der Waals surface area contributed by atoms with Crippen molar-refractivity contribution in [2.24, 2.45) is 0 Å². The summed E-state index contributed by atoms with van der Waals surface area (Å²) in [6.07, 6.45) is -0.0173. The fourth-order valence-corrected chi connectivity index (χ4v) is 3.03. The molecule has 0 bridgehead atoms. The highest BCUT2D eigenvalue weighted by Crippen LogP contribution is 2.23. The van der Waals surface area contributed by atoms with Crippen LogP contribution in [-0.2, 0) is 19.6 Å². The molecule has 0 aliphatic carbocycles. The molecule has 1 unspecified atom stereocenters. The Kier molecular flexibility index (Phi) is 4.81. The zero-order chi connectivity index (χ0) is 15.5. The SMILES string of the molecule is CNS(=O)(=O)c1ccc(N2CCOCC2CC(=O)O)cc1. The summed E-state index contributed by atoms with van der Waals surface area (Å²) in [7, 11) is -2.11. The van der Waals surface area contributed by atoms with E-state index >= 15 is 0 Å². The number of carboxylic acid groups (broad SMARTS) is 1. The third kappa shape index (κ3) is 3.72. The van der Waals surface area contributed by atoms with Crippen LogP contribution < -0.4 is 9.62 Å². The number of nitrogens with one attached hydrogen (secondary N) is 1. The van der Waals surface area contributed by atoms with Gasteiger partial charge in [-0.25, -0.2) is 13.1 Å². The molecular formula is C13H18N2O5S. The third-order valence-electron chi connectivity index (χ3n) is 3.39. The molecule has 1 fully saturated rings. The Morgan fingerprint density at radius 3 is 2.67 bits per heavy atom. The van der Waals surface area contributed by atoms with E-state index in [4.69, 9.17) is 9.84 Å². The van der Waals surface area contributed by atoms with Crippen molar-refractivity contribution in [2.45, 2.75) is 17.4 Å². The highest BCUT2D eigenvalue weighted by molar-refractivity contribution is 7.89. The summed E-state index contributed by atoms with van der Waals surface area (Å²) in [6, 6.07) is 6.14. The number of sulfonamides is 1. The monoisotopic (exact) mass is 314 g/mol. The van der Waals surface area contributed by atoms with E-state index in [0.29, 0.717) is 19.8 Å². The lowest BCUT2D eigenvalue weighted by atomic mass is 10.1. The first-order chi connectivity index (χ1) is 9.94. The number of aliphatic carboxylic acids is 1. The number of carboxylic acids is 1. The van der Waals surface area contributed by atoms with Gasteiger partial charge in [0.25, 0.3) is 0 Å². The highest BCUT2D eigenvalue weighted by atomic mass is 32.2. The van der Waals surface area contributed by atoms with Gasteiger partial charge in [0.1, 0.15) is 0 Å². The van der Waals surface area contributed by atoms with Gasteiger partial charge in [-0.15, -0.1) is 0 Å². The molecule has 1 atom stereocenters. The van der Waals surface area contributed by atoms with Crippen molar-refractivity contribution in [2.75, 3.05) is 31.7 Å². The molecule has 1 aliphatic rings. The van der Waals surface area contributed by atoms with Gasteiger partial charge in [0.15, 0.2) is 0 Å². The summed E-state index contributed by atoms with van der Waals surface area (Å²) in [4.78, 5) is 13.0. The standard InChI is InChI=1S/C13H18N2O5S/c1-14-21(18,19)12-4-2-10(3-5-12)15-6-7-20-9-11(15)8-13(16)17/h2-5,11,14H,6-9H2,1H3,(H,16,17). The minimum atomic E-state index is -3.47. The Bertz CT molecular complexity index is 599. The van der Waals surface area contributed by atoms with Crippen molar-refractivity contribution in [1.82, 2.24) is 4.72 Å². The molecule has 0 saturated carbocycles. The Morgan fingerprint density at radius 1 is 1.43 bits per heavy atom. The molecule has 1 saturated heterocycles. The molecule has 0 spiro atoms. The lowest BCUT2D eigenvalue weighted by Gasteiger charge is -2.36. The van der Waals surface area contributed by atoms with E-state index in [1.54, 1.807) is 12.1 Å². The first-order valence-electron chi connectivity index (χ1n) is 6.54. The van der Waals surface area contributed by atoms with Gasteiger partial charge in [-0.2, -0.15) is 0 Å². The molecule has 0 aromatic heterocycles. The molecule has 1 aromatic carbocycles. The van der Waals surface area contributed by atoms with Crippen LogP contribution in [0.2, 0.25) is 0 Å². The fourth-order valence-electron chi connectivity index (χ4n) is 2.30. The predicted molar refractivity (Wildman–Crippen MR) is 76.9 cm³/mol. The summed E-state index contributed by atoms with van der Waals surface area (Å²) in [5.74, 6) is -0.884. The zero-order valence-electron chi connectivity index (χ0n) is 11.7. The number of carbonyl (C=O) groups is 1. The Labute approximate surface area is 123 Å². The number of morpholine rings is 1. The van der Waals surface area contributed by atoms with Crippen molar-refractivity contribution in [1.29, 1.82) is 0 Å². The minimum absolute atomic E-state index is 0.0173. The van der Waals surface area contributed by atoms with Crippen LogP contribution in [0.5, 0.6) is 0 Å². The molecule has 2 N–H and O–H groups in total. The van der Waals surface area contributed by atoms with Crippen molar-refractivity contribution in [3.63, 3.8) is 0 Å². The Hall–Kier alpha value is -1.64. The molecule has 116 valence electrons. The largest absolute Gasteiger partial charge is 0.481 e. The number of nitrogens with zero attached hydrogens (tertiary/aromatic N) is 1. The normalized spacial score (nSPS) is 19.5. The predicted octanol–water partition coefficient (Wildman–Crippen LogP) is 0.275. The smallest absolute Gasteiger partial charge is 0.305 e. The van der Waals surface area contributed by atoms with E-state index in [-0.39, 0.29) is 17.4 Å². The van der Waals surface area contributed by atoms with Gasteiger partial charge < -0.3 is 14.7 Å². The Morgan fingerprint density at radius 2 is 2.10 bits per heavy atom. The average Bonchev–Trinajstić information content (AvgIpc) is 2.47. The number of rotatable bonds is 5. The lowest BCUT2D eigenvalue weighted by Crippen LogP contribution is -2.46. The van der Waals surface area contributed by atoms with Gasteiger partial charge in [-0.3, -0.25) is 4.79 Å². The van der Waals surface area contributed by atoms with Crippen LogP contribution in [0.4, 0.5) is 5.69 Å². The minimum Gasteiger partial charge on any atom is -0.481 e. The van der Waals surface area contributed by atoms with Gasteiger partial charge >= 0.3 is 5.97 Å². The Balaban J connectivity index is 2.21. The molecule has 1 aliphatic heterocycles. The van der Waals surface area contributed by atoms with Crippen LogP contribution in [0.1, 0.15) is 6.42 Å².